The molecule has 0 saturated carbocycles. The Morgan fingerprint density at radius 2 is 2.18 bits per heavy atom. The second kappa shape index (κ2) is 6.02. The predicted octanol–water partition coefficient (Wildman–Crippen LogP) is 4.03. The fourth-order valence-corrected chi connectivity index (χ4v) is 2.84. The molecular weight excluding hydrogens is 208 g/mol. The van der Waals surface area contributed by atoms with Gasteiger partial charge in [0.2, 0.25) is 0 Å². The third-order valence-corrected chi connectivity index (χ3v) is 3.82. The summed E-state index contributed by atoms with van der Waals surface area (Å²) >= 11 is 0. The molecule has 1 nitrogen and oxygen atoms in total. The van der Waals surface area contributed by atoms with Crippen molar-refractivity contribution in [2.45, 2.75) is 44.6 Å². The number of allylic oxidation sites excluding steroid dienone is 1. The SMILES string of the molecule is C=CCCCC1CCCc2ccccc2C1O. The number of fused-ring (bicyclic) bond motifs is 1. The summed E-state index contributed by atoms with van der Waals surface area (Å²) in [7, 11) is 0. The zero-order valence-corrected chi connectivity index (χ0v) is 10.4. The van der Waals surface area contributed by atoms with E-state index in [1.165, 1.54) is 12.0 Å². The molecule has 2 rings (SSSR count). The summed E-state index contributed by atoms with van der Waals surface area (Å²) in [6.45, 7) is 3.75. The van der Waals surface area contributed by atoms with Crippen molar-refractivity contribution in [3.63, 3.8) is 0 Å². The van der Waals surface area contributed by atoms with Crippen molar-refractivity contribution < 1.29 is 5.11 Å². The number of aryl methyl sites for hydroxylation is 1. The molecule has 0 aliphatic heterocycles. The van der Waals surface area contributed by atoms with Crippen LogP contribution in [0.15, 0.2) is 36.9 Å². The minimum atomic E-state index is -0.265. The second-order valence-corrected chi connectivity index (χ2v) is 5.02. The van der Waals surface area contributed by atoms with Crippen LogP contribution < -0.4 is 0 Å². The molecule has 0 heterocycles. The van der Waals surface area contributed by atoms with Crippen molar-refractivity contribution in [1.29, 1.82) is 0 Å². The first kappa shape index (κ1) is 12.4. The molecule has 0 aromatic heterocycles. The Morgan fingerprint density at radius 3 is 3.00 bits per heavy atom. The summed E-state index contributed by atoms with van der Waals surface area (Å²) in [6.07, 6.45) is 8.49. The number of rotatable bonds is 4. The maximum Gasteiger partial charge on any atom is 0.0820 e. The van der Waals surface area contributed by atoms with Crippen molar-refractivity contribution in [2.75, 3.05) is 0 Å². The quantitative estimate of drug-likeness (QED) is 0.470. The van der Waals surface area contributed by atoms with E-state index in [2.05, 4.69) is 24.8 Å². The molecule has 92 valence electrons. The van der Waals surface area contributed by atoms with Crippen molar-refractivity contribution in [1.82, 2.24) is 0 Å². The van der Waals surface area contributed by atoms with Gasteiger partial charge in [-0.2, -0.15) is 0 Å². The van der Waals surface area contributed by atoms with Crippen molar-refractivity contribution in [2.24, 2.45) is 5.92 Å². The molecule has 1 aromatic rings. The van der Waals surface area contributed by atoms with Gasteiger partial charge < -0.3 is 5.11 Å². The molecule has 17 heavy (non-hydrogen) atoms. The van der Waals surface area contributed by atoms with Crippen LogP contribution in [-0.4, -0.2) is 5.11 Å². The van der Waals surface area contributed by atoms with Crippen LogP contribution in [0.1, 0.15) is 49.3 Å². The third kappa shape index (κ3) is 2.98. The molecule has 1 aliphatic rings. The van der Waals surface area contributed by atoms with E-state index in [4.69, 9.17) is 0 Å². The fourth-order valence-electron chi connectivity index (χ4n) is 2.84. The van der Waals surface area contributed by atoms with Crippen LogP contribution in [-0.2, 0) is 6.42 Å². The van der Waals surface area contributed by atoms with Crippen LogP contribution in [0.4, 0.5) is 0 Å². The number of aliphatic hydroxyl groups excluding tert-OH is 1. The Bertz CT molecular complexity index is 370. The zero-order valence-electron chi connectivity index (χ0n) is 10.4. The summed E-state index contributed by atoms with van der Waals surface area (Å²) in [4.78, 5) is 0. The number of unbranched alkanes of at least 4 members (excludes halogenated alkanes) is 1. The summed E-state index contributed by atoms with van der Waals surface area (Å²) in [5.74, 6) is 0.429. The average Bonchev–Trinajstić information content (AvgIpc) is 2.51. The van der Waals surface area contributed by atoms with Gasteiger partial charge in [0.1, 0.15) is 0 Å². The van der Waals surface area contributed by atoms with Crippen LogP contribution in [0.3, 0.4) is 0 Å². The monoisotopic (exact) mass is 230 g/mol. The van der Waals surface area contributed by atoms with Crippen molar-refractivity contribution in [3.8, 4) is 0 Å². The van der Waals surface area contributed by atoms with Crippen LogP contribution >= 0.6 is 0 Å². The number of hydrogen-bond acceptors (Lipinski definition) is 1. The molecule has 0 fully saturated rings. The van der Waals surface area contributed by atoms with Gasteiger partial charge in [0.05, 0.1) is 6.10 Å². The zero-order chi connectivity index (χ0) is 12.1. The molecule has 1 heteroatoms. The number of hydrogen-bond donors (Lipinski definition) is 1. The largest absolute Gasteiger partial charge is 0.388 e. The highest BCUT2D eigenvalue weighted by atomic mass is 16.3. The lowest BCUT2D eigenvalue weighted by Crippen LogP contribution is -2.11. The Morgan fingerprint density at radius 1 is 1.35 bits per heavy atom. The summed E-state index contributed by atoms with van der Waals surface area (Å²) < 4.78 is 0. The van der Waals surface area contributed by atoms with E-state index in [-0.39, 0.29) is 6.10 Å². The highest BCUT2D eigenvalue weighted by Crippen LogP contribution is 2.35. The maximum atomic E-state index is 10.5. The van der Waals surface area contributed by atoms with Gasteiger partial charge in [-0.1, -0.05) is 30.3 Å². The van der Waals surface area contributed by atoms with Gasteiger partial charge in [0, 0.05) is 0 Å². The molecule has 0 spiro atoms. The molecule has 1 aromatic carbocycles. The van der Waals surface area contributed by atoms with Gasteiger partial charge in [-0.3, -0.25) is 0 Å². The molecule has 2 atom stereocenters. The second-order valence-electron chi connectivity index (χ2n) is 5.02. The lowest BCUT2D eigenvalue weighted by Gasteiger charge is -2.21. The van der Waals surface area contributed by atoms with Gasteiger partial charge in [0.25, 0.3) is 0 Å². The highest BCUT2D eigenvalue weighted by Gasteiger charge is 2.24. The third-order valence-electron chi connectivity index (χ3n) is 3.82. The lowest BCUT2D eigenvalue weighted by molar-refractivity contribution is 0.0986. The van der Waals surface area contributed by atoms with E-state index in [0.717, 1.165) is 37.7 Å². The van der Waals surface area contributed by atoms with Crippen molar-refractivity contribution in [3.05, 3.63) is 48.0 Å². The van der Waals surface area contributed by atoms with Gasteiger partial charge in [0.15, 0.2) is 0 Å². The first-order chi connectivity index (χ1) is 8.33. The number of aliphatic hydroxyl groups is 1. The molecule has 0 bridgehead atoms. The van der Waals surface area contributed by atoms with Gasteiger partial charge in [-0.05, 0) is 55.6 Å². The standard InChI is InChI=1S/C16H22O/c1-2-3-4-9-14-11-7-10-13-8-5-6-12-15(13)16(14)17/h2,5-6,8,12,14,16-17H,1,3-4,7,9-11H2. The van der Waals surface area contributed by atoms with E-state index in [1.807, 2.05) is 12.1 Å². The molecule has 0 amide bonds. The molecule has 0 radical (unpaired) electrons. The molecule has 2 unspecified atom stereocenters. The van der Waals surface area contributed by atoms with Crippen LogP contribution in [0.25, 0.3) is 0 Å². The van der Waals surface area contributed by atoms with Crippen LogP contribution in [0.2, 0.25) is 0 Å². The smallest absolute Gasteiger partial charge is 0.0820 e. The van der Waals surface area contributed by atoms with Gasteiger partial charge in [-0.15, -0.1) is 6.58 Å². The molecular formula is C16H22O. The Hall–Kier alpha value is -1.08. The maximum absolute atomic E-state index is 10.5. The van der Waals surface area contributed by atoms with E-state index >= 15 is 0 Å². The number of benzene rings is 1. The van der Waals surface area contributed by atoms with Crippen LogP contribution in [0, 0.1) is 5.92 Å². The molecule has 1 N–H and O–H groups in total. The van der Waals surface area contributed by atoms with Crippen molar-refractivity contribution >= 4 is 0 Å². The lowest BCUT2D eigenvalue weighted by atomic mass is 9.89. The van der Waals surface area contributed by atoms with E-state index < -0.39 is 0 Å². The van der Waals surface area contributed by atoms with Gasteiger partial charge >= 0.3 is 0 Å². The summed E-state index contributed by atoms with van der Waals surface area (Å²) in [6, 6.07) is 8.36. The first-order valence-corrected chi connectivity index (χ1v) is 6.69. The fraction of sp³-hybridized carbons (Fsp3) is 0.500. The Balaban J connectivity index is 2.08. The van der Waals surface area contributed by atoms with Gasteiger partial charge in [-0.25, -0.2) is 0 Å². The Labute approximate surface area is 104 Å². The minimum absolute atomic E-state index is 0.265. The van der Waals surface area contributed by atoms with E-state index in [9.17, 15) is 5.11 Å². The average molecular weight is 230 g/mol. The molecule has 1 aliphatic carbocycles. The van der Waals surface area contributed by atoms with E-state index in [0.29, 0.717) is 5.92 Å². The normalized spacial score (nSPS) is 23.8. The van der Waals surface area contributed by atoms with E-state index in [1.54, 1.807) is 0 Å². The summed E-state index contributed by atoms with van der Waals surface area (Å²) in [5, 5.41) is 10.5. The summed E-state index contributed by atoms with van der Waals surface area (Å²) in [5.41, 5.74) is 2.50. The van der Waals surface area contributed by atoms with Crippen LogP contribution in [0.5, 0.6) is 0 Å². The minimum Gasteiger partial charge on any atom is -0.388 e. The first-order valence-electron chi connectivity index (χ1n) is 6.69. The predicted molar refractivity (Wildman–Crippen MR) is 71.9 cm³/mol. The highest BCUT2D eigenvalue weighted by molar-refractivity contribution is 5.30. The molecule has 0 saturated heterocycles. The Kier molecular flexibility index (Phi) is 4.38. The topological polar surface area (TPSA) is 20.2 Å².